The zero-order chi connectivity index (χ0) is 25.8. The number of aliphatic hydroxyl groups excluding tert-OH is 1. The highest BCUT2D eigenvalue weighted by molar-refractivity contribution is 7.21. The third kappa shape index (κ3) is 6.94. The van der Waals surface area contributed by atoms with Crippen molar-refractivity contribution in [2.24, 2.45) is 0 Å². The summed E-state index contributed by atoms with van der Waals surface area (Å²) in [4.78, 5) is 23.9. The fourth-order valence-electron chi connectivity index (χ4n) is 5.00. The fraction of sp³-hybridized carbons (Fsp3) is 0.462. The minimum absolute atomic E-state index is 0. The van der Waals surface area contributed by atoms with Crippen LogP contribution < -0.4 is 15.0 Å². The van der Waals surface area contributed by atoms with Crippen molar-refractivity contribution in [1.29, 1.82) is 0 Å². The Balaban J connectivity index is 0.00000336. The maximum absolute atomic E-state index is 13.0. The first kappa shape index (κ1) is 29.4. The first-order valence-electron chi connectivity index (χ1n) is 12.6. The molecule has 206 valence electrons. The Morgan fingerprint density at radius 3 is 2.55 bits per heavy atom. The summed E-state index contributed by atoms with van der Waals surface area (Å²) in [5.41, 5.74) is 1.26. The smallest absolute Gasteiger partial charge is 0.257 e. The van der Waals surface area contributed by atoms with Crippen molar-refractivity contribution in [3.05, 3.63) is 45.3 Å². The average molecular weight is 618 g/mol. The molecule has 0 radical (unpaired) electrons. The van der Waals surface area contributed by atoms with E-state index in [-0.39, 0.29) is 31.5 Å². The van der Waals surface area contributed by atoms with Gasteiger partial charge in [-0.25, -0.2) is 4.98 Å². The van der Waals surface area contributed by atoms with E-state index in [4.69, 9.17) is 38.0 Å². The highest BCUT2D eigenvalue weighted by Gasteiger charge is 2.28. The number of halogens is 3. The molecule has 7 nitrogen and oxygen atoms in total. The number of hydrogen-bond acceptors (Lipinski definition) is 8. The number of aromatic nitrogens is 1. The van der Waals surface area contributed by atoms with Crippen LogP contribution in [0.25, 0.3) is 10.6 Å². The highest BCUT2D eigenvalue weighted by Crippen LogP contribution is 2.42. The van der Waals surface area contributed by atoms with Crippen LogP contribution in [0.3, 0.4) is 0 Å². The second-order valence-electron chi connectivity index (χ2n) is 9.29. The second kappa shape index (κ2) is 13.7. The van der Waals surface area contributed by atoms with Crippen LogP contribution in [-0.2, 0) is 0 Å². The Hall–Kier alpha value is -1.59. The van der Waals surface area contributed by atoms with Crippen LogP contribution in [0, 0.1) is 0 Å². The van der Waals surface area contributed by atoms with Gasteiger partial charge in [-0.1, -0.05) is 53.8 Å². The molecule has 0 spiro atoms. The number of nitrogens with one attached hydrogen (secondary N) is 1. The summed E-state index contributed by atoms with van der Waals surface area (Å²) >= 11 is 15.6. The number of thiazole rings is 1. The zero-order valence-electron chi connectivity index (χ0n) is 20.8. The number of amides is 1. The summed E-state index contributed by atoms with van der Waals surface area (Å²) in [6, 6.07) is 7.48. The third-order valence-corrected chi connectivity index (χ3v) is 9.48. The molecule has 1 aliphatic carbocycles. The number of thiophene rings is 1. The second-order valence-corrected chi connectivity index (χ2v) is 12.0. The fourth-order valence-corrected chi connectivity index (χ4v) is 7.39. The van der Waals surface area contributed by atoms with Crippen molar-refractivity contribution in [2.75, 3.05) is 49.6 Å². The van der Waals surface area contributed by atoms with E-state index in [1.807, 2.05) is 11.4 Å². The van der Waals surface area contributed by atoms with Crippen molar-refractivity contribution in [3.63, 3.8) is 0 Å². The number of benzene rings is 1. The monoisotopic (exact) mass is 616 g/mol. The lowest BCUT2D eigenvalue weighted by Gasteiger charge is -2.41. The van der Waals surface area contributed by atoms with Crippen molar-refractivity contribution in [3.8, 4) is 16.3 Å². The van der Waals surface area contributed by atoms with Gasteiger partial charge in [0.15, 0.2) is 5.13 Å². The predicted molar refractivity (Wildman–Crippen MR) is 160 cm³/mol. The largest absolute Gasteiger partial charge is 0.490 e. The first-order chi connectivity index (χ1) is 18.0. The molecule has 2 aliphatic rings. The van der Waals surface area contributed by atoms with Crippen molar-refractivity contribution >= 4 is 74.3 Å². The third-order valence-electron chi connectivity index (χ3n) is 6.87. The van der Waals surface area contributed by atoms with Crippen LogP contribution in [0.5, 0.6) is 5.75 Å². The minimum atomic E-state index is -0.297. The first-order valence-corrected chi connectivity index (χ1v) is 15.1. The molecule has 1 aliphatic heterocycles. The van der Waals surface area contributed by atoms with Gasteiger partial charge in [0, 0.05) is 43.2 Å². The van der Waals surface area contributed by atoms with E-state index < -0.39 is 0 Å². The van der Waals surface area contributed by atoms with Crippen LogP contribution in [0.4, 0.5) is 10.1 Å². The average Bonchev–Trinajstić information content (AvgIpc) is 3.54. The van der Waals surface area contributed by atoms with Crippen LogP contribution in [0.1, 0.15) is 42.5 Å². The molecule has 3 aromatic rings. The lowest BCUT2D eigenvalue weighted by Crippen LogP contribution is -2.50. The summed E-state index contributed by atoms with van der Waals surface area (Å²) in [7, 11) is 0. The number of carbonyl (C=O) groups is 1. The molecular weight excluding hydrogens is 587 g/mol. The van der Waals surface area contributed by atoms with Gasteiger partial charge in [-0.05, 0) is 37.1 Å². The topological polar surface area (TPSA) is 77.9 Å². The van der Waals surface area contributed by atoms with Gasteiger partial charge in [0.1, 0.15) is 23.1 Å². The van der Waals surface area contributed by atoms with Crippen LogP contribution in [0.15, 0.2) is 29.6 Å². The van der Waals surface area contributed by atoms with Gasteiger partial charge in [-0.2, -0.15) is 0 Å². The van der Waals surface area contributed by atoms with Crippen LogP contribution in [0.2, 0.25) is 10.0 Å². The molecule has 1 amide bonds. The standard InChI is InChI=1S/C26H30Cl2N4O3S2.ClH/c27-18-15-22(36-16-18)23-25(32-10-8-31(9-11-32)19-4-2-1-3-5-19)37-26(29-23)30-24(34)17-6-7-21(20(28)14-17)35-13-12-33;/h6-7,14-16,19,33H,1-5,8-13H2,(H,29,30,34);1H. The molecule has 5 rings (SSSR count). The number of rotatable bonds is 8. The Kier molecular flexibility index (Phi) is 10.6. The number of carbonyl (C=O) groups excluding carboxylic acids is 1. The molecule has 2 aromatic heterocycles. The maximum atomic E-state index is 13.0. The normalized spacial score (nSPS) is 16.8. The van der Waals surface area contributed by atoms with E-state index in [1.165, 1.54) is 43.4 Å². The molecule has 1 aromatic carbocycles. The lowest BCUT2D eigenvalue weighted by atomic mass is 9.94. The Morgan fingerprint density at radius 1 is 1.13 bits per heavy atom. The molecule has 1 saturated heterocycles. The van der Waals surface area contributed by atoms with Crippen molar-refractivity contribution < 1.29 is 14.6 Å². The summed E-state index contributed by atoms with van der Waals surface area (Å²) < 4.78 is 5.38. The van der Waals surface area contributed by atoms with Gasteiger partial charge >= 0.3 is 0 Å². The number of ether oxygens (including phenoxy) is 1. The molecule has 2 fully saturated rings. The zero-order valence-corrected chi connectivity index (χ0v) is 24.8. The molecule has 12 heteroatoms. The van der Waals surface area contributed by atoms with Crippen molar-refractivity contribution in [1.82, 2.24) is 9.88 Å². The molecule has 0 bridgehead atoms. The number of hydrogen-bond donors (Lipinski definition) is 2. The Bertz CT molecular complexity index is 1220. The van der Waals surface area contributed by atoms with E-state index in [9.17, 15) is 4.79 Å². The Labute approximate surface area is 247 Å². The van der Waals surface area contributed by atoms with Gasteiger partial charge in [0.05, 0.1) is 21.5 Å². The summed E-state index contributed by atoms with van der Waals surface area (Å²) in [6.07, 6.45) is 6.68. The lowest BCUT2D eigenvalue weighted by molar-refractivity contribution is 0.102. The van der Waals surface area contributed by atoms with E-state index in [2.05, 4.69) is 15.1 Å². The molecule has 0 atom stereocenters. The molecule has 0 unspecified atom stereocenters. The number of piperazine rings is 1. The molecule has 3 heterocycles. The van der Waals surface area contributed by atoms with Gasteiger partial charge in [-0.15, -0.1) is 23.7 Å². The van der Waals surface area contributed by atoms with Crippen LogP contribution in [-0.4, -0.2) is 66.3 Å². The molecular formula is C26H31Cl3N4O3S2. The SMILES string of the molecule is Cl.O=C(Nc1nc(-c2cc(Cl)cs2)c(N2CCN(C3CCCCC3)CC2)s1)c1ccc(OCCO)c(Cl)c1. The van der Waals surface area contributed by atoms with E-state index in [1.54, 1.807) is 29.5 Å². The minimum Gasteiger partial charge on any atom is -0.490 e. The Morgan fingerprint density at radius 2 is 1.89 bits per heavy atom. The summed E-state index contributed by atoms with van der Waals surface area (Å²) in [5, 5.41) is 16.4. The molecule has 38 heavy (non-hydrogen) atoms. The quantitative estimate of drug-likeness (QED) is 0.294. The molecule has 1 saturated carbocycles. The van der Waals surface area contributed by atoms with Crippen molar-refractivity contribution in [2.45, 2.75) is 38.1 Å². The predicted octanol–water partition coefficient (Wildman–Crippen LogP) is 6.68. The van der Waals surface area contributed by atoms with Crippen LogP contribution >= 0.6 is 58.3 Å². The van der Waals surface area contributed by atoms with Gasteiger partial charge in [0.25, 0.3) is 5.91 Å². The number of anilines is 2. The van der Waals surface area contributed by atoms with Gasteiger partial charge in [-0.3, -0.25) is 15.0 Å². The van der Waals surface area contributed by atoms with E-state index in [0.717, 1.165) is 47.8 Å². The highest BCUT2D eigenvalue weighted by atomic mass is 35.5. The number of nitrogens with zero attached hydrogens (tertiary/aromatic N) is 3. The van der Waals surface area contributed by atoms with E-state index >= 15 is 0 Å². The molecule has 2 N–H and O–H groups in total. The summed E-state index contributed by atoms with van der Waals surface area (Å²) in [5.74, 6) is 0.127. The summed E-state index contributed by atoms with van der Waals surface area (Å²) in [6.45, 7) is 3.97. The number of aliphatic hydroxyl groups is 1. The van der Waals surface area contributed by atoms with Gasteiger partial charge in [0.2, 0.25) is 0 Å². The van der Waals surface area contributed by atoms with E-state index in [0.29, 0.717) is 26.5 Å². The maximum Gasteiger partial charge on any atom is 0.257 e. The van der Waals surface area contributed by atoms with Gasteiger partial charge < -0.3 is 14.7 Å².